The molecule has 1 fully saturated rings. The maximum absolute atomic E-state index is 4.93. The first-order valence-corrected chi connectivity index (χ1v) is 11.3. The highest BCUT2D eigenvalue weighted by molar-refractivity contribution is 5.92. The Labute approximate surface area is 192 Å². The van der Waals surface area contributed by atoms with E-state index >= 15 is 0 Å². The van der Waals surface area contributed by atoms with E-state index in [1.807, 2.05) is 49.8 Å². The molecule has 0 spiro atoms. The van der Waals surface area contributed by atoms with Gasteiger partial charge in [0.2, 0.25) is 0 Å². The number of aryl methyl sites for hydroxylation is 1. The van der Waals surface area contributed by atoms with Crippen LogP contribution >= 0.6 is 0 Å². The largest absolute Gasteiger partial charge is 0.372 e. The quantitative estimate of drug-likeness (QED) is 0.397. The Balaban J connectivity index is 1.45. The van der Waals surface area contributed by atoms with Gasteiger partial charge < -0.3 is 9.88 Å². The lowest BCUT2D eigenvalue weighted by molar-refractivity contribution is 0.949. The molecular weight excluding hydrogens is 408 g/mol. The molecule has 0 amide bonds. The van der Waals surface area contributed by atoms with Crippen LogP contribution in [0.2, 0.25) is 0 Å². The van der Waals surface area contributed by atoms with Crippen LogP contribution in [0.1, 0.15) is 18.5 Å². The molecule has 5 heterocycles. The molecule has 162 valence electrons. The molecule has 1 saturated heterocycles. The van der Waals surface area contributed by atoms with Gasteiger partial charge in [-0.05, 0) is 61.7 Å². The van der Waals surface area contributed by atoms with Gasteiger partial charge in [-0.1, -0.05) is 18.2 Å². The topological polar surface area (TPSA) is 70.6 Å². The van der Waals surface area contributed by atoms with Crippen molar-refractivity contribution in [3.63, 3.8) is 0 Å². The van der Waals surface area contributed by atoms with E-state index in [2.05, 4.69) is 50.2 Å². The van der Waals surface area contributed by atoms with Crippen molar-refractivity contribution >= 4 is 16.7 Å². The number of hydrogen-bond acceptors (Lipinski definition) is 5. The van der Waals surface area contributed by atoms with Crippen LogP contribution in [0.25, 0.3) is 44.9 Å². The first kappa shape index (κ1) is 19.6. The van der Waals surface area contributed by atoms with Gasteiger partial charge in [0.25, 0.3) is 0 Å². The molecule has 4 aromatic heterocycles. The summed E-state index contributed by atoms with van der Waals surface area (Å²) in [6, 6.07) is 18.8. The number of rotatable bonds is 4. The van der Waals surface area contributed by atoms with Gasteiger partial charge in [-0.15, -0.1) is 0 Å². The van der Waals surface area contributed by atoms with E-state index in [0.29, 0.717) is 5.82 Å². The molecule has 1 aliphatic heterocycles. The number of anilines is 1. The van der Waals surface area contributed by atoms with E-state index in [1.54, 1.807) is 0 Å². The summed E-state index contributed by atoms with van der Waals surface area (Å²) in [5, 5.41) is 0.969. The maximum Gasteiger partial charge on any atom is 0.180 e. The molecule has 1 aromatic carbocycles. The molecule has 6 rings (SSSR count). The molecule has 5 aromatic rings. The molecule has 0 bridgehead atoms. The number of H-pyrrole nitrogens is 1. The minimum Gasteiger partial charge on any atom is -0.372 e. The SMILES string of the molecule is Cc1cccc(-c2nc(-c3cncc(-c4cccc(N5CCCC5)c4)c3)c3cc[nH]c3n2)n1. The number of nitrogens with zero attached hydrogens (tertiary/aromatic N) is 5. The number of fused-ring (bicyclic) bond motifs is 1. The maximum atomic E-state index is 4.93. The van der Waals surface area contributed by atoms with E-state index in [9.17, 15) is 0 Å². The molecule has 1 N–H and O–H groups in total. The van der Waals surface area contributed by atoms with Crippen LogP contribution in [0.15, 0.2) is 73.2 Å². The van der Waals surface area contributed by atoms with Gasteiger partial charge in [-0.2, -0.15) is 0 Å². The van der Waals surface area contributed by atoms with E-state index in [4.69, 9.17) is 9.97 Å². The van der Waals surface area contributed by atoms with E-state index < -0.39 is 0 Å². The van der Waals surface area contributed by atoms with Crippen molar-refractivity contribution in [2.45, 2.75) is 19.8 Å². The van der Waals surface area contributed by atoms with Gasteiger partial charge in [0.15, 0.2) is 5.82 Å². The molecular formula is C27H24N6. The average Bonchev–Trinajstić information content (AvgIpc) is 3.56. The zero-order valence-electron chi connectivity index (χ0n) is 18.5. The lowest BCUT2D eigenvalue weighted by Crippen LogP contribution is -2.17. The lowest BCUT2D eigenvalue weighted by atomic mass is 10.0. The smallest absolute Gasteiger partial charge is 0.180 e. The van der Waals surface area contributed by atoms with Crippen molar-refractivity contribution in [2.24, 2.45) is 0 Å². The third-order valence-electron chi connectivity index (χ3n) is 6.20. The Morgan fingerprint density at radius 2 is 1.67 bits per heavy atom. The standard InChI is InChI=1S/C27H24N6/c1-18-6-4-9-24(30-18)27-31-25(23-10-11-29-26(23)32-27)21-14-20(16-28-17-21)19-7-5-8-22(15-19)33-12-2-3-13-33/h4-11,14-17H,2-3,12-13H2,1H3,(H,29,31,32). The minimum atomic E-state index is 0.602. The fraction of sp³-hybridized carbons (Fsp3) is 0.185. The van der Waals surface area contributed by atoms with Gasteiger partial charge in [0.1, 0.15) is 11.3 Å². The number of pyridine rings is 2. The van der Waals surface area contributed by atoms with Gasteiger partial charge in [-0.25, -0.2) is 15.0 Å². The molecule has 6 nitrogen and oxygen atoms in total. The summed E-state index contributed by atoms with van der Waals surface area (Å²) in [6.45, 7) is 4.23. The minimum absolute atomic E-state index is 0.602. The van der Waals surface area contributed by atoms with Crippen LogP contribution in [0.4, 0.5) is 5.69 Å². The fourth-order valence-corrected chi connectivity index (χ4v) is 4.53. The Morgan fingerprint density at radius 3 is 2.55 bits per heavy atom. The predicted molar refractivity (Wildman–Crippen MR) is 132 cm³/mol. The van der Waals surface area contributed by atoms with Crippen LogP contribution in [0.3, 0.4) is 0 Å². The normalized spacial score (nSPS) is 13.7. The summed E-state index contributed by atoms with van der Waals surface area (Å²) in [5.41, 5.74) is 7.81. The number of aromatic nitrogens is 5. The summed E-state index contributed by atoms with van der Waals surface area (Å²) in [4.78, 5) is 24.5. The fourth-order valence-electron chi connectivity index (χ4n) is 4.53. The summed E-state index contributed by atoms with van der Waals surface area (Å²) < 4.78 is 0. The van der Waals surface area contributed by atoms with Crippen LogP contribution < -0.4 is 4.90 Å². The highest BCUT2D eigenvalue weighted by Gasteiger charge is 2.16. The second kappa shape index (κ2) is 8.13. The highest BCUT2D eigenvalue weighted by Crippen LogP contribution is 2.32. The second-order valence-electron chi connectivity index (χ2n) is 8.51. The molecule has 1 aliphatic rings. The first-order chi connectivity index (χ1) is 16.2. The summed E-state index contributed by atoms with van der Waals surface area (Å²) in [5.74, 6) is 0.602. The predicted octanol–water partition coefficient (Wildman–Crippen LogP) is 5.66. The number of hydrogen-bond donors (Lipinski definition) is 1. The number of aromatic amines is 1. The average molecular weight is 433 g/mol. The number of benzene rings is 1. The van der Waals surface area contributed by atoms with Gasteiger partial charge in [-0.3, -0.25) is 4.98 Å². The zero-order valence-corrected chi connectivity index (χ0v) is 18.5. The molecule has 0 aliphatic carbocycles. The van der Waals surface area contributed by atoms with Crippen molar-refractivity contribution in [3.8, 4) is 33.9 Å². The van der Waals surface area contributed by atoms with E-state index in [0.717, 1.165) is 57.9 Å². The number of nitrogens with one attached hydrogen (secondary N) is 1. The van der Waals surface area contributed by atoms with Crippen molar-refractivity contribution in [2.75, 3.05) is 18.0 Å². The summed E-state index contributed by atoms with van der Waals surface area (Å²) in [7, 11) is 0. The van der Waals surface area contributed by atoms with Crippen molar-refractivity contribution in [1.82, 2.24) is 24.9 Å². The van der Waals surface area contributed by atoms with E-state index in [-0.39, 0.29) is 0 Å². The monoisotopic (exact) mass is 432 g/mol. The summed E-state index contributed by atoms with van der Waals surface area (Å²) >= 11 is 0. The molecule has 0 atom stereocenters. The second-order valence-corrected chi connectivity index (χ2v) is 8.51. The van der Waals surface area contributed by atoms with E-state index in [1.165, 1.54) is 18.5 Å². The Bertz CT molecular complexity index is 1450. The van der Waals surface area contributed by atoms with Crippen molar-refractivity contribution in [3.05, 3.63) is 78.9 Å². The van der Waals surface area contributed by atoms with Crippen molar-refractivity contribution < 1.29 is 0 Å². The molecule has 0 radical (unpaired) electrons. The first-order valence-electron chi connectivity index (χ1n) is 11.3. The van der Waals surface area contributed by atoms with Crippen molar-refractivity contribution in [1.29, 1.82) is 0 Å². The van der Waals surface area contributed by atoms with Crippen LogP contribution in [0, 0.1) is 6.92 Å². The van der Waals surface area contributed by atoms with Gasteiger partial charge in [0, 0.05) is 59.6 Å². The Kier molecular flexibility index (Phi) is 4.83. The third-order valence-corrected chi connectivity index (χ3v) is 6.20. The zero-order chi connectivity index (χ0) is 22.2. The Morgan fingerprint density at radius 1 is 0.818 bits per heavy atom. The lowest BCUT2D eigenvalue weighted by Gasteiger charge is -2.18. The van der Waals surface area contributed by atoms with Gasteiger partial charge >= 0.3 is 0 Å². The highest BCUT2D eigenvalue weighted by atomic mass is 15.1. The van der Waals surface area contributed by atoms with Gasteiger partial charge in [0.05, 0.1) is 5.69 Å². The molecule has 6 heteroatoms. The van der Waals surface area contributed by atoms with Crippen LogP contribution in [-0.4, -0.2) is 38.0 Å². The molecule has 33 heavy (non-hydrogen) atoms. The third kappa shape index (κ3) is 3.74. The molecule has 0 unspecified atom stereocenters. The molecule has 0 saturated carbocycles. The van der Waals surface area contributed by atoms with Crippen LogP contribution in [-0.2, 0) is 0 Å². The Hall–Kier alpha value is -4.06. The summed E-state index contributed by atoms with van der Waals surface area (Å²) in [6.07, 6.45) is 8.22. The van der Waals surface area contributed by atoms with Crippen LogP contribution in [0.5, 0.6) is 0 Å².